The third kappa shape index (κ3) is 10.8. The minimum Gasteiger partial charge on any atom is -0.409 e. The summed E-state index contributed by atoms with van der Waals surface area (Å²) in [5, 5.41) is 9.30. The normalized spacial score (nSPS) is 24.9. The number of aryl methyl sites for hydroxylation is 1. The van der Waals surface area contributed by atoms with E-state index in [1.807, 2.05) is 30.5 Å². The molecule has 3 aromatic rings. The van der Waals surface area contributed by atoms with Gasteiger partial charge in [-0.05, 0) is 125 Å². The van der Waals surface area contributed by atoms with Crippen LogP contribution in [0.4, 0.5) is 4.79 Å². The summed E-state index contributed by atoms with van der Waals surface area (Å²) in [6.07, 6.45) is 10.2. The molecule has 3 atom stereocenters. The van der Waals surface area contributed by atoms with Gasteiger partial charge in [-0.3, -0.25) is 14.5 Å². The van der Waals surface area contributed by atoms with Gasteiger partial charge in [0.05, 0.1) is 24.2 Å². The molecule has 3 saturated heterocycles. The molecule has 2 aromatic carbocycles. The summed E-state index contributed by atoms with van der Waals surface area (Å²) in [5.41, 5.74) is 2.52. The molecule has 1 aromatic heterocycles. The smallest absolute Gasteiger partial charge is 0.409 e. The molecule has 3 aliphatic heterocycles. The molecular weight excluding hydrogens is 756 g/mol. The van der Waals surface area contributed by atoms with Crippen LogP contribution in [0.1, 0.15) is 87.1 Å². The number of hydrogen-bond donors (Lipinski definition) is 2. The van der Waals surface area contributed by atoms with Gasteiger partial charge in [0.25, 0.3) is 0 Å². The maximum Gasteiger partial charge on any atom is 0.415 e. The molecular formula is C45H61ClN6O4S. The molecule has 4 fully saturated rings. The number of nitrogens with zero attached hydrogens (tertiary/aromatic N) is 4. The molecule has 12 heteroatoms. The van der Waals surface area contributed by atoms with Crippen LogP contribution >= 0.6 is 22.9 Å². The second kappa shape index (κ2) is 19.5. The van der Waals surface area contributed by atoms with Gasteiger partial charge in [-0.1, -0.05) is 66.6 Å². The van der Waals surface area contributed by atoms with E-state index in [-0.39, 0.29) is 43.2 Å². The summed E-state index contributed by atoms with van der Waals surface area (Å²) in [6, 6.07) is 19.6. The first-order valence-electron chi connectivity index (χ1n) is 21.3. The van der Waals surface area contributed by atoms with Crippen molar-refractivity contribution in [1.82, 2.24) is 30.2 Å². The van der Waals surface area contributed by atoms with Gasteiger partial charge < -0.3 is 30.1 Å². The van der Waals surface area contributed by atoms with Crippen molar-refractivity contribution in [3.05, 3.63) is 87.1 Å². The zero-order chi connectivity index (χ0) is 39.8. The van der Waals surface area contributed by atoms with Crippen LogP contribution in [0.15, 0.2) is 66.0 Å². The molecule has 10 nitrogen and oxygen atoms in total. The highest BCUT2D eigenvalue weighted by Crippen LogP contribution is 2.44. The van der Waals surface area contributed by atoms with Gasteiger partial charge >= 0.3 is 6.09 Å². The van der Waals surface area contributed by atoms with Crippen molar-refractivity contribution in [1.29, 1.82) is 0 Å². The average molecular weight is 818 g/mol. The highest BCUT2D eigenvalue weighted by molar-refractivity contribution is 7.09. The predicted molar refractivity (Wildman–Crippen MR) is 228 cm³/mol. The Balaban J connectivity index is 1.03. The maximum atomic E-state index is 14.9. The number of carbonyl (C=O) groups is 3. The van der Waals surface area contributed by atoms with Crippen molar-refractivity contribution in [2.45, 2.75) is 115 Å². The molecule has 0 radical (unpaired) electrons. The predicted octanol–water partition coefficient (Wildman–Crippen LogP) is 7.49. The number of thiophene rings is 1. The fourth-order valence-electron chi connectivity index (χ4n) is 9.56. The number of ether oxygens (including phenoxy) is 1. The number of amides is 3. The summed E-state index contributed by atoms with van der Waals surface area (Å²) in [4.78, 5) is 51.9. The fourth-order valence-corrected chi connectivity index (χ4v) is 10.4. The lowest BCUT2D eigenvalue weighted by molar-refractivity contribution is -0.145. The number of hydrogen-bond acceptors (Lipinski definition) is 8. The first-order chi connectivity index (χ1) is 27.7. The van der Waals surface area contributed by atoms with E-state index in [1.165, 1.54) is 29.7 Å². The van der Waals surface area contributed by atoms with E-state index in [1.54, 1.807) is 28.4 Å². The Bertz CT molecular complexity index is 1790. The lowest BCUT2D eigenvalue weighted by Crippen LogP contribution is -2.64. The molecule has 3 amide bonds. The zero-order valence-corrected chi connectivity index (χ0v) is 35.4. The van der Waals surface area contributed by atoms with Crippen LogP contribution < -0.4 is 15.4 Å². The Kier molecular flexibility index (Phi) is 14.3. The van der Waals surface area contributed by atoms with Gasteiger partial charge in [0.1, 0.15) is 6.04 Å². The fraction of sp³-hybridized carbons (Fsp3) is 0.578. The van der Waals surface area contributed by atoms with Crippen molar-refractivity contribution in [2.75, 3.05) is 45.8 Å². The molecule has 57 heavy (non-hydrogen) atoms. The molecule has 4 aliphatic rings. The second-order valence-corrected chi connectivity index (χ2v) is 18.4. The van der Waals surface area contributed by atoms with E-state index in [2.05, 4.69) is 57.7 Å². The third-order valence-corrected chi connectivity index (χ3v) is 14.4. The first kappa shape index (κ1) is 41.7. The van der Waals surface area contributed by atoms with Gasteiger partial charge in [0.2, 0.25) is 11.8 Å². The number of unbranched alkanes of at least 4 members (excludes halogenated alkanes) is 1. The number of benzene rings is 2. The standard InChI is InChI=1S/C45H61ClN6O4S/c1-33-11-8-17-40(41(33)46)56-44(55)51-26-27-52(39(31-51)42(53)47-29-37-15-10-28-57-37)43(54)38(16-6-7-23-50-24-9-12-34(50)2)48-36-18-20-45(21-19-36)22-25-49(32-45)30-35-13-4-3-5-14-35/h3-5,8,10-11,13-15,17,28,34,36,38-39,48H,6-7,9,12,16,18-27,29-32H2,1-2H3,(H,47,53)/t34?,36?,38-,39+,45?/m1/s1. The number of halogens is 1. The third-order valence-electron chi connectivity index (χ3n) is 13.0. The molecule has 2 N–H and O–H groups in total. The second-order valence-electron chi connectivity index (χ2n) is 17.0. The molecule has 1 spiro atoms. The molecule has 4 heterocycles. The number of rotatable bonds is 14. The van der Waals surface area contributed by atoms with E-state index < -0.39 is 18.2 Å². The summed E-state index contributed by atoms with van der Waals surface area (Å²) < 4.78 is 5.75. The van der Waals surface area contributed by atoms with Crippen molar-refractivity contribution >= 4 is 40.8 Å². The van der Waals surface area contributed by atoms with Gasteiger partial charge in [0.15, 0.2) is 5.75 Å². The Hall–Kier alpha value is -3.48. The lowest BCUT2D eigenvalue weighted by atomic mass is 9.72. The molecule has 1 aliphatic carbocycles. The number of carbonyl (C=O) groups excluding carboxylic acids is 3. The topological polar surface area (TPSA) is 97.5 Å². The van der Waals surface area contributed by atoms with Crippen LogP contribution in [0.3, 0.4) is 0 Å². The molecule has 0 bridgehead atoms. The Morgan fingerprint density at radius 3 is 2.53 bits per heavy atom. The number of nitrogens with one attached hydrogen (secondary N) is 2. The van der Waals surface area contributed by atoms with Crippen molar-refractivity contribution in [3.63, 3.8) is 0 Å². The van der Waals surface area contributed by atoms with Crippen molar-refractivity contribution < 1.29 is 19.1 Å². The average Bonchev–Trinajstić information content (AvgIpc) is 4.00. The molecule has 308 valence electrons. The summed E-state index contributed by atoms with van der Waals surface area (Å²) in [5.74, 6) is -0.0431. The van der Waals surface area contributed by atoms with Gasteiger partial charge in [-0.25, -0.2) is 4.79 Å². The van der Waals surface area contributed by atoms with E-state index in [0.29, 0.717) is 29.4 Å². The van der Waals surface area contributed by atoms with E-state index in [9.17, 15) is 14.4 Å². The van der Waals surface area contributed by atoms with E-state index in [4.69, 9.17) is 16.3 Å². The van der Waals surface area contributed by atoms with Crippen LogP contribution in [0.2, 0.25) is 5.02 Å². The zero-order valence-electron chi connectivity index (χ0n) is 33.8. The van der Waals surface area contributed by atoms with E-state index >= 15 is 0 Å². The van der Waals surface area contributed by atoms with Crippen LogP contribution in [0.25, 0.3) is 0 Å². The monoisotopic (exact) mass is 816 g/mol. The minimum absolute atomic E-state index is 0.0370. The van der Waals surface area contributed by atoms with Crippen LogP contribution in [-0.2, 0) is 22.7 Å². The summed E-state index contributed by atoms with van der Waals surface area (Å²) in [7, 11) is 0. The van der Waals surface area contributed by atoms with Gasteiger partial charge in [-0.2, -0.15) is 0 Å². The highest BCUT2D eigenvalue weighted by Gasteiger charge is 2.43. The minimum atomic E-state index is -0.856. The summed E-state index contributed by atoms with van der Waals surface area (Å²) in [6.45, 7) is 10.5. The van der Waals surface area contributed by atoms with Crippen LogP contribution in [0.5, 0.6) is 5.75 Å². The van der Waals surface area contributed by atoms with Crippen molar-refractivity contribution in [2.24, 2.45) is 5.41 Å². The Morgan fingerprint density at radius 2 is 1.77 bits per heavy atom. The lowest BCUT2D eigenvalue weighted by Gasteiger charge is -2.43. The Morgan fingerprint density at radius 1 is 0.947 bits per heavy atom. The highest BCUT2D eigenvalue weighted by atomic mass is 35.5. The number of likely N-dealkylation sites (tertiary alicyclic amines) is 2. The molecule has 7 rings (SSSR count). The maximum absolute atomic E-state index is 14.9. The summed E-state index contributed by atoms with van der Waals surface area (Å²) >= 11 is 8.04. The SMILES string of the molecule is Cc1cccc(OC(=O)N2CCN(C(=O)[C@@H](CCCCN3CCCC3C)NC3CCC4(CC3)CCN(Cc3ccccc3)C4)[C@H](C(=O)NCc3cccs3)C2)c1Cl. The Labute approximate surface area is 348 Å². The number of piperazine rings is 1. The van der Waals surface area contributed by atoms with E-state index in [0.717, 1.165) is 81.7 Å². The molecule has 1 saturated carbocycles. The van der Waals surface area contributed by atoms with Gasteiger partial charge in [0, 0.05) is 43.1 Å². The van der Waals surface area contributed by atoms with Gasteiger partial charge in [-0.15, -0.1) is 11.3 Å². The first-order valence-corrected chi connectivity index (χ1v) is 22.5. The van der Waals surface area contributed by atoms with Crippen molar-refractivity contribution in [3.8, 4) is 5.75 Å². The largest absolute Gasteiger partial charge is 0.415 e. The van der Waals surface area contributed by atoms with Crippen LogP contribution in [-0.4, -0.2) is 107 Å². The quantitative estimate of drug-likeness (QED) is 0.163. The molecule has 1 unspecified atom stereocenters. The van der Waals surface area contributed by atoms with Crippen LogP contribution in [0, 0.1) is 12.3 Å².